The molecule has 0 N–H and O–H groups in total. The van der Waals surface area contributed by atoms with Gasteiger partial charge < -0.3 is 9.64 Å². The molecule has 0 saturated carbocycles. The van der Waals surface area contributed by atoms with Crippen molar-refractivity contribution in [3.8, 4) is 11.1 Å². The fourth-order valence-electron chi connectivity index (χ4n) is 2.94. The van der Waals surface area contributed by atoms with E-state index in [1.54, 1.807) is 11.0 Å². The molecule has 1 aliphatic rings. The number of rotatable bonds is 1. The second-order valence-corrected chi connectivity index (χ2v) is 8.17. The van der Waals surface area contributed by atoms with Crippen molar-refractivity contribution in [1.82, 2.24) is 4.90 Å². The molecule has 25 heavy (non-hydrogen) atoms. The van der Waals surface area contributed by atoms with Gasteiger partial charge in [-0.25, -0.2) is 4.79 Å². The van der Waals surface area contributed by atoms with Crippen LogP contribution in [-0.2, 0) is 17.7 Å². The molecule has 0 radical (unpaired) electrons. The number of nitrogens with zero attached hydrogens (tertiary/aromatic N) is 1. The highest BCUT2D eigenvalue weighted by Crippen LogP contribution is 2.30. The van der Waals surface area contributed by atoms with Crippen LogP contribution in [-0.4, -0.2) is 23.1 Å². The summed E-state index contributed by atoms with van der Waals surface area (Å²) < 4.78 is 5.47. The van der Waals surface area contributed by atoms with Crippen LogP contribution in [0.3, 0.4) is 0 Å². The van der Waals surface area contributed by atoms with Gasteiger partial charge in [0.1, 0.15) is 5.60 Å². The van der Waals surface area contributed by atoms with Gasteiger partial charge in [0.2, 0.25) is 0 Å². The van der Waals surface area contributed by atoms with Crippen molar-refractivity contribution in [2.75, 3.05) is 6.54 Å². The minimum atomic E-state index is -0.479. The number of halogens is 2. The molecular formula is C20H21Cl2NO2. The molecule has 0 saturated heterocycles. The Kier molecular flexibility index (Phi) is 4.99. The molecule has 1 amide bonds. The first kappa shape index (κ1) is 18.1. The summed E-state index contributed by atoms with van der Waals surface area (Å²) in [7, 11) is 0. The Balaban J connectivity index is 1.81. The summed E-state index contributed by atoms with van der Waals surface area (Å²) in [6, 6.07) is 11.8. The van der Waals surface area contributed by atoms with Crippen molar-refractivity contribution < 1.29 is 9.53 Å². The van der Waals surface area contributed by atoms with E-state index in [1.165, 1.54) is 5.56 Å². The number of carbonyl (C=O) groups is 1. The van der Waals surface area contributed by atoms with Gasteiger partial charge in [0.05, 0.1) is 0 Å². The summed E-state index contributed by atoms with van der Waals surface area (Å²) in [6.45, 7) is 6.87. The first-order valence-electron chi connectivity index (χ1n) is 8.27. The number of hydrogen-bond acceptors (Lipinski definition) is 2. The SMILES string of the molecule is CC(C)(C)OC(=O)N1CCc2cc(-c3cc(Cl)cc(Cl)c3)ccc2C1. The van der Waals surface area contributed by atoms with E-state index in [9.17, 15) is 4.79 Å². The van der Waals surface area contributed by atoms with Crippen LogP contribution in [0, 0.1) is 0 Å². The van der Waals surface area contributed by atoms with Crippen LogP contribution >= 0.6 is 23.2 Å². The van der Waals surface area contributed by atoms with Crippen LogP contribution in [0.25, 0.3) is 11.1 Å². The molecule has 0 atom stereocenters. The van der Waals surface area contributed by atoms with Crippen molar-refractivity contribution in [2.24, 2.45) is 0 Å². The van der Waals surface area contributed by atoms with Crippen molar-refractivity contribution in [3.05, 3.63) is 57.6 Å². The average Bonchev–Trinajstić information content (AvgIpc) is 2.51. The van der Waals surface area contributed by atoms with Crippen LogP contribution in [0.15, 0.2) is 36.4 Å². The van der Waals surface area contributed by atoms with Crippen LogP contribution < -0.4 is 0 Å². The smallest absolute Gasteiger partial charge is 0.410 e. The molecule has 0 fully saturated rings. The number of benzene rings is 2. The predicted molar refractivity (Wildman–Crippen MR) is 102 cm³/mol. The molecule has 3 nitrogen and oxygen atoms in total. The van der Waals surface area contributed by atoms with Crippen molar-refractivity contribution in [3.63, 3.8) is 0 Å². The van der Waals surface area contributed by atoms with Crippen LogP contribution in [0.2, 0.25) is 10.0 Å². The summed E-state index contributed by atoms with van der Waals surface area (Å²) in [5, 5.41) is 1.24. The van der Waals surface area contributed by atoms with E-state index < -0.39 is 5.60 Å². The van der Waals surface area contributed by atoms with Crippen LogP contribution in [0.1, 0.15) is 31.9 Å². The Bertz CT molecular complexity index is 792. The highest BCUT2D eigenvalue weighted by Gasteiger charge is 2.25. The zero-order valence-electron chi connectivity index (χ0n) is 14.6. The van der Waals surface area contributed by atoms with E-state index in [0.29, 0.717) is 23.1 Å². The lowest BCUT2D eigenvalue weighted by atomic mass is 9.95. The molecule has 1 aliphatic heterocycles. The van der Waals surface area contributed by atoms with E-state index in [0.717, 1.165) is 23.1 Å². The molecule has 0 spiro atoms. The van der Waals surface area contributed by atoms with E-state index in [1.807, 2.05) is 39.0 Å². The van der Waals surface area contributed by atoms with Crippen LogP contribution in [0.5, 0.6) is 0 Å². The minimum absolute atomic E-state index is 0.260. The predicted octanol–water partition coefficient (Wildman–Crippen LogP) is 5.95. The normalized spacial score (nSPS) is 14.2. The molecule has 5 heteroatoms. The van der Waals surface area contributed by atoms with Gasteiger partial charge in [-0.1, -0.05) is 41.4 Å². The second-order valence-electron chi connectivity index (χ2n) is 7.29. The monoisotopic (exact) mass is 377 g/mol. The maximum atomic E-state index is 12.3. The zero-order chi connectivity index (χ0) is 18.2. The summed E-state index contributed by atoms with van der Waals surface area (Å²) >= 11 is 12.2. The van der Waals surface area contributed by atoms with E-state index >= 15 is 0 Å². The van der Waals surface area contributed by atoms with E-state index in [4.69, 9.17) is 27.9 Å². The number of fused-ring (bicyclic) bond motifs is 1. The largest absolute Gasteiger partial charge is 0.444 e. The lowest BCUT2D eigenvalue weighted by Gasteiger charge is -2.31. The van der Waals surface area contributed by atoms with Gasteiger partial charge in [-0.3, -0.25) is 0 Å². The molecule has 1 heterocycles. The summed E-state index contributed by atoms with van der Waals surface area (Å²) in [5.74, 6) is 0. The molecule has 132 valence electrons. The fraction of sp³-hybridized carbons (Fsp3) is 0.350. The molecule has 0 aromatic heterocycles. The van der Waals surface area contributed by atoms with Gasteiger partial charge in [-0.05, 0) is 67.6 Å². The molecule has 2 aromatic rings. The summed E-state index contributed by atoms with van der Waals surface area (Å²) in [6.07, 6.45) is 0.542. The van der Waals surface area contributed by atoms with E-state index in [2.05, 4.69) is 12.1 Å². The quantitative estimate of drug-likeness (QED) is 0.613. The van der Waals surface area contributed by atoms with Crippen LogP contribution in [0.4, 0.5) is 4.79 Å². The first-order chi connectivity index (χ1) is 11.7. The maximum absolute atomic E-state index is 12.3. The van der Waals surface area contributed by atoms with Gasteiger partial charge >= 0.3 is 6.09 Å². The van der Waals surface area contributed by atoms with Gasteiger partial charge in [-0.2, -0.15) is 0 Å². The Morgan fingerprint density at radius 2 is 1.68 bits per heavy atom. The van der Waals surface area contributed by atoms with Crippen molar-refractivity contribution in [1.29, 1.82) is 0 Å². The topological polar surface area (TPSA) is 29.5 Å². The number of carbonyl (C=O) groups excluding carboxylic acids is 1. The third-order valence-corrected chi connectivity index (χ3v) is 4.50. The highest BCUT2D eigenvalue weighted by atomic mass is 35.5. The molecular weight excluding hydrogens is 357 g/mol. The van der Waals surface area contributed by atoms with Gasteiger partial charge in [0.25, 0.3) is 0 Å². The average molecular weight is 378 g/mol. The Morgan fingerprint density at radius 3 is 2.32 bits per heavy atom. The third kappa shape index (κ3) is 4.47. The van der Waals surface area contributed by atoms with E-state index in [-0.39, 0.29) is 6.09 Å². The number of hydrogen-bond donors (Lipinski definition) is 0. The minimum Gasteiger partial charge on any atom is -0.444 e. The lowest BCUT2D eigenvalue weighted by Crippen LogP contribution is -2.39. The number of amides is 1. The second kappa shape index (κ2) is 6.89. The fourth-order valence-corrected chi connectivity index (χ4v) is 3.46. The Hall–Kier alpha value is -1.71. The van der Waals surface area contributed by atoms with Crippen molar-refractivity contribution >= 4 is 29.3 Å². The van der Waals surface area contributed by atoms with Gasteiger partial charge in [-0.15, -0.1) is 0 Å². The zero-order valence-corrected chi connectivity index (χ0v) is 16.1. The Labute approximate surface area is 158 Å². The molecule has 2 aromatic carbocycles. The molecule has 0 unspecified atom stereocenters. The highest BCUT2D eigenvalue weighted by molar-refractivity contribution is 6.35. The first-order valence-corrected chi connectivity index (χ1v) is 9.03. The van der Waals surface area contributed by atoms with Crippen molar-refractivity contribution in [2.45, 2.75) is 39.3 Å². The third-order valence-electron chi connectivity index (χ3n) is 4.07. The number of ether oxygens (including phenoxy) is 1. The van der Waals surface area contributed by atoms with Gasteiger partial charge in [0.15, 0.2) is 0 Å². The molecule has 0 bridgehead atoms. The Morgan fingerprint density at radius 1 is 1.00 bits per heavy atom. The lowest BCUT2D eigenvalue weighted by molar-refractivity contribution is 0.0224. The maximum Gasteiger partial charge on any atom is 0.410 e. The standard InChI is InChI=1S/C20H21Cl2NO2/c1-20(2,3)25-19(24)23-7-6-14-8-13(4-5-15(14)12-23)16-9-17(21)11-18(22)10-16/h4-5,8-11H,6-7,12H2,1-3H3. The summed E-state index contributed by atoms with van der Waals surface area (Å²) in [5.41, 5.74) is 3.98. The van der Waals surface area contributed by atoms with Gasteiger partial charge in [0, 0.05) is 23.1 Å². The molecule has 0 aliphatic carbocycles. The molecule has 3 rings (SSSR count). The summed E-state index contributed by atoms with van der Waals surface area (Å²) in [4.78, 5) is 14.0.